The summed E-state index contributed by atoms with van der Waals surface area (Å²) in [4.78, 5) is 24.8. The van der Waals surface area contributed by atoms with E-state index >= 15 is 0 Å². The number of hydrogen-bond donors (Lipinski definition) is 1. The minimum atomic E-state index is -1.04. The molecule has 1 amide bonds. The summed E-state index contributed by atoms with van der Waals surface area (Å²) in [6.07, 6.45) is 0.474. The molecule has 7 nitrogen and oxygen atoms in total. The standard InChI is InChI=1S/C17H25NO6/c1-12(17(21)18(7-8-22-2)11-16(19)20)9-13-5-6-14(23-3)15(10-13)24-4/h5-6,10,12H,7-9,11H2,1-4H3,(H,19,20). The molecule has 1 N–H and O–H groups in total. The predicted octanol–water partition coefficient (Wildman–Crippen LogP) is 1.44. The fourth-order valence-corrected chi connectivity index (χ4v) is 2.39. The number of carbonyl (C=O) groups is 2. The van der Waals surface area contributed by atoms with Crippen LogP contribution in [0.2, 0.25) is 0 Å². The van der Waals surface area contributed by atoms with E-state index in [2.05, 4.69) is 0 Å². The summed E-state index contributed by atoms with van der Waals surface area (Å²) in [5.41, 5.74) is 0.913. The molecule has 0 saturated heterocycles. The lowest BCUT2D eigenvalue weighted by Crippen LogP contribution is -2.41. The molecule has 0 heterocycles. The smallest absolute Gasteiger partial charge is 0.323 e. The fraction of sp³-hybridized carbons (Fsp3) is 0.529. The number of aliphatic carboxylic acids is 1. The number of carboxylic acid groups (broad SMARTS) is 1. The number of methoxy groups -OCH3 is 3. The second-order valence-electron chi connectivity index (χ2n) is 5.44. The minimum Gasteiger partial charge on any atom is -0.493 e. The van der Waals surface area contributed by atoms with Crippen LogP contribution in [0.5, 0.6) is 11.5 Å². The van der Waals surface area contributed by atoms with Crippen LogP contribution in [0.25, 0.3) is 0 Å². The summed E-state index contributed by atoms with van der Waals surface area (Å²) in [6, 6.07) is 5.46. The van der Waals surface area contributed by atoms with Gasteiger partial charge in [-0.3, -0.25) is 9.59 Å². The van der Waals surface area contributed by atoms with Gasteiger partial charge in [0, 0.05) is 19.6 Å². The van der Waals surface area contributed by atoms with E-state index in [4.69, 9.17) is 19.3 Å². The topological polar surface area (TPSA) is 85.3 Å². The molecule has 0 radical (unpaired) electrons. The van der Waals surface area contributed by atoms with E-state index in [1.165, 1.54) is 12.0 Å². The van der Waals surface area contributed by atoms with E-state index in [0.29, 0.717) is 24.5 Å². The maximum atomic E-state index is 12.5. The van der Waals surface area contributed by atoms with Gasteiger partial charge in [-0.2, -0.15) is 0 Å². The van der Waals surface area contributed by atoms with Crippen molar-refractivity contribution >= 4 is 11.9 Å². The molecule has 134 valence electrons. The predicted molar refractivity (Wildman–Crippen MR) is 88.5 cm³/mol. The number of ether oxygens (including phenoxy) is 3. The monoisotopic (exact) mass is 339 g/mol. The van der Waals surface area contributed by atoms with Gasteiger partial charge in [0.05, 0.1) is 20.8 Å². The lowest BCUT2D eigenvalue weighted by atomic mass is 9.99. The fourth-order valence-electron chi connectivity index (χ4n) is 2.39. The maximum absolute atomic E-state index is 12.5. The second kappa shape index (κ2) is 9.77. The van der Waals surface area contributed by atoms with E-state index in [-0.39, 0.29) is 24.9 Å². The van der Waals surface area contributed by atoms with Gasteiger partial charge >= 0.3 is 5.97 Å². The van der Waals surface area contributed by atoms with Crippen LogP contribution in [0.4, 0.5) is 0 Å². The second-order valence-corrected chi connectivity index (χ2v) is 5.44. The van der Waals surface area contributed by atoms with Crippen molar-refractivity contribution in [2.45, 2.75) is 13.3 Å². The van der Waals surface area contributed by atoms with Crippen LogP contribution in [0.3, 0.4) is 0 Å². The van der Waals surface area contributed by atoms with Crippen molar-refractivity contribution in [1.29, 1.82) is 0 Å². The molecule has 0 fully saturated rings. The van der Waals surface area contributed by atoms with Gasteiger partial charge in [0.2, 0.25) is 5.91 Å². The molecule has 0 spiro atoms. The first-order valence-corrected chi connectivity index (χ1v) is 7.63. The summed E-state index contributed by atoms with van der Waals surface area (Å²) in [5, 5.41) is 8.96. The molecule has 0 aliphatic carbocycles. The highest BCUT2D eigenvalue weighted by Gasteiger charge is 2.23. The largest absolute Gasteiger partial charge is 0.493 e. The molecule has 0 aromatic heterocycles. The zero-order valence-corrected chi connectivity index (χ0v) is 14.6. The van der Waals surface area contributed by atoms with Crippen LogP contribution in [0, 0.1) is 5.92 Å². The first kappa shape index (κ1) is 19.8. The molecule has 1 rings (SSSR count). The Morgan fingerprint density at radius 2 is 1.83 bits per heavy atom. The number of carbonyl (C=O) groups excluding carboxylic acids is 1. The third-order valence-corrected chi connectivity index (χ3v) is 3.61. The van der Waals surface area contributed by atoms with E-state index in [1.807, 2.05) is 12.1 Å². The zero-order chi connectivity index (χ0) is 18.1. The van der Waals surface area contributed by atoms with Crippen LogP contribution in [0.15, 0.2) is 18.2 Å². The SMILES string of the molecule is COCCN(CC(=O)O)C(=O)C(C)Cc1ccc(OC)c(OC)c1. The van der Waals surface area contributed by atoms with Crippen molar-refractivity contribution in [2.24, 2.45) is 5.92 Å². The van der Waals surface area contributed by atoms with E-state index in [0.717, 1.165) is 5.56 Å². The zero-order valence-electron chi connectivity index (χ0n) is 14.6. The molecule has 0 aliphatic heterocycles. The Kier molecular flexibility index (Phi) is 8.05. The molecule has 1 aromatic carbocycles. The third-order valence-electron chi connectivity index (χ3n) is 3.61. The lowest BCUT2D eigenvalue weighted by Gasteiger charge is -2.24. The highest BCUT2D eigenvalue weighted by molar-refractivity contribution is 5.83. The molecule has 0 saturated carbocycles. The molecular formula is C17H25NO6. The molecule has 1 aromatic rings. The number of amides is 1. The van der Waals surface area contributed by atoms with Crippen LogP contribution in [-0.2, 0) is 20.7 Å². The number of rotatable bonds is 10. The minimum absolute atomic E-state index is 0.218. The van der Waals surface area contributed by atoms with Gasteiger partial charge < -0.3 is 24.2 Å². The Morgan fingerprint density at radius 1 is 1.17 bits per heavy atom. The Hall–Kier alpha value is -2.28. The summed E-state index contributed by atoms with van der Waals surface area (Å²) in [6.45, 7) is 1.99. The van der Waals surface area contributed by atoms with Crippen molar-refractivity contribution in [3.05, 3.63) is 23.8 Å². The number of carboxylic acids is 1. The molecule has 1 unspecified atom stereocenters. The van der Waals surface area contributed by atoms with E-state index < -0.39 is 5.97 Å². The van der Waals surface area contributed by atoms with E-state index in [9.17, 15) is 9.59 Å². The summed E-state index contributed by atoms with van der Waals surface area (Å²) < 4.78 is 15.4. The molecule has 0 aliphatic rings. The number of hydrogen-bond acceptors (Lipinski definition) is 5. The van der Waals surface area contributed by atoms with Gasteiger partial charge in [0.25, 0.3) is 0 Å². The van der Waals surface area contributed by atoms with Crippen molar-refractivity contribution < 1.29 is 28.9 Å². The Bertz CT molecular complexity index is 560. The van der Waals surface area contributed by atoms with Crippen molar-refractivity contribution in [3.8, 4) is 11.5 Å². The van der Waals surface area contributed by atoms with Crippen LogP contribution >= 0.6 is 0 Å². The maximum Gasteiger partial charge on any atom is 0.323 e. The first-order valence-electron chi connectivity index (χ1n) is 7.63. The van der Waals surface area contributed by atoms with Gasteiger partial charge in [-0.25, -0.2) is 0 Å². The van der Waals surface area contributed by atoms with Gasteiger partial charge in [-0.05, 0) is 24.1 Å². The van der Waals surface area contributed by atoms with Gasteiger partial charge in [-0.1, -0.05) is 13.0 Å². The van der Waals surface area contributed by atoms with Crippen LogP contribution in [0.1, 0.15) is 12.5 Å². The van der Waals surface area contributed by atoms with Crippen LogP contribution in [-0.4, -0.2) is 62.9 Å². The highest BCUT2D eigenvalue weighted by Crippen LogP contribution is 2.28. The third kappa shape index (κ3) is 5.73. The first-order chi connectivity index (χ1) is 11.4. The summed E-state index contributed by atoms with van der Waals surface area (Å²) >= 11 is 0. The van der Waals surface area contributed by atoms with E-state index in [1.54, 1.807) is 27.2 Å². The molecule has 7 heteroatoms. The van der Waals surface area contributed by atoms with Gasteiger partial charge in [0.1, 0.15) is 6.54 Å². The molecular weight excluding hydrogens is 314 g/mol. The molecule has 1 atom stereocenters. The van der Waals surface area contributed by atoms with Gasteiger partial charge in [-0.15, -0.1) is 0 Å². The highest BCUT2D eigenvalue weighted by atomic mass is 16.5. The molecule has 24 heavy (non-hydrogen) atoms. The summed E-state index contributed by atoms with van der Waals surface area (Å²) in [7, 11) is 4.62. The Labute approximate surface area is 142 Å². The van der Waals surface area contributed by atoms with Crippen molar-refractivity contribution in [2.75, 3.05) is 41.0 Å². The van der Waals surface area contributed by atoms with Gasteiger partial charge in [0.15, 0.2) is 11.5 Å². The lowest BCUT2D eigenvalue weighted by molar-refractivity contribution is -0.146. The van der Waals surface area contributed by atoms with Crippen molar-refractivity contribution in [1.82, 2.24) is 4.90 Å². The number of benzene rings is 1. The Morgan fingerprint density at radius 3 is 2.38 bits per heavy atom. The normalized spacial score (nSPS) is 11.7. The Balaban J connectivity index is 2.81. The number of nitrogens with zero attached hydrogens (tertiary/aromatic N) is 1. The molecule has 0 bridgehead atoms. The van der Waals surface area contributed by atoms with Crippen molar-refractivity contribution in [3.63, 3.8) is 0 Å². The quantitative estimate of drug-likeness (QED) is 0.694. The average Bonchev–Trinajstić information content (AvgIpc) is 2.57. The average molecular weight is 339 g/mol. The van der Waals surface area contributed by atoms with Crippen LogP contribution < -0.4 is 9.47 Å². The summed E-state index contributed by atoms with van der Waals surface area (Å²) in [5.74, 6) is -0.412.